The van der Waals surface area contributed by atoms with Gasteiger partial charge in [0.05, 0.1) is 6.04 Å². The molecule has 0 spiro atoms. The molecule has 32 heavy (non-hydrogen) atoms. The minimum absolute atomic E-state index is 0.140. The first-order valence-electron chi connectivity index (χ1n) is 11.0. The summed E-state index contributed by atoms with van der Waals surface area (Å²) in [5.41, 5.74) is 3.79. The van der Waals surface area contributed by atoms with Crippen molar-refractivity contribution in [2.45, 2.75) is 38.3 Å². The number of rotatable bonds is 9. The van der Waals surface area contributed by atoms with Gasteiger partial charge in [-0.05, 0) is 99.4 Å². The van der Waals surface area contributed by atoms with Gasteiger partial charge in [0.2, 0.25) is 0 Å². The second-order valence-electron chi connectivity index (χ2n) is 8.51. The molecule has 4 rings (SSSR count). The first-order valence-corrected chi connectivity index (χ1v) is 11.4. The lowest BCUT2D eigenvalue weighted by atomic mass is 10.0. The van der Waals surface area contributed by atoms with E-state index in [0.717, 1.165) is 37.1 Å². The van der Waals surface area contributed by atoms with E-state index >= 15 is 0 Å². The summed E-state index contributed by atoms with van der Waals surface area (Å²) in [5, 5.41) is 3.77. The van der Waals surface area contributed by atoms with E-state index in [9.17, 15) is 4.79 Å². The summed E-state index contributed by atoms with van der Waals surface area (Å²) in [6, 6.07) is 17.2. The Hall–Kier alpha value is -2.76. The van der Waals surface area contributed by atoms with Crippen molar-refractivity contribution < 1.29 is 13.9 Å². The Morgan fingerprint density at radius 3 is 2.66 bits per heavy atom. The van der Waals surface area contributed by atoms with Crippen LogP contribution in [0.3, 0.4) is 0 Å². The Kier molecular flexibility index (Phi) is 7.18. The Bertz CT molecular complexity index is 1060. The molecule has 0 aliphatic heterocycles. The van der Waals surface area contributed by atoms with E-state index in [0.29, 0.717) is 10.8 Å². The van der Waals surface area contributed by atoms with E-state index in [1.807, 2.05) is 44.4 Å². The Balaban J connectivity index is 1.38. The highest BCUT2D eigenvalue weighted by atomic mass is 35.5. The number of hydrogen-bond acceptors (Lipinski definition) is 4. The zero-order valence-electron chi connectivity index (χ0n) is 18.6. The Morgan fingerprint density at radius 2 is 1.88 bits per heavy atom. The third kappa shape index (κ3) is 5.72. The maximum atomic E-state index is 12.9. The summed E-state index contributed by atoms with van der Waals surface area (Å²) >= 11 is 6.03. The fourth-order valence-electron chi connectivity index (χ4n) is 4.00. The molecule has 1 aliphatic rings. The smallest absolute Gasteiger partial charge is 0.287 e. The van der Waals surface area contributed by atoms with Gasteiger partial charge < -0.3 is 19.4 Å². The SMILES string of the molecule is CN(C)CCC(NC(=O)c1ccc(COc2ccc3c(c2)CCC3)o1)c1ccc(Cl)cc1. The number of amides is 1. The average Bonchev–Trinajstić information content (AvgIpc) is 3.44. The van der Waals surface area contributed by atoms with E-state index < -0.39 is 0 Å². The van der Waals surface area contributed by atoms with Crippen LogP contribution in [0.2, 0.25) is 5.02 Å². The number of hydrogen-bond donors (Lipinski definition) is 1. The summed E-state index contributed by atoms with van der Waals surface area (Å²) in [4.78, 5) is 15.0. The van der Waals surface area contributed by atoms with Crippen LogP contribution in [0.25, 0.3) is 0 Å². The van der Waals surface area contributed by atoms with Gasteiger partial charge in [0.25, 0.3) is 5.91 Å². The second-order valence-corrected chi connectivity index (χ2v) is 8.94. The summed E-state index contributed by atoms with van der Waals surface area (Å²) in [5.74, 6) is 1.49. The number of aryl methyl sites for hydroxylation is 2. The molecule has 0 saturated heterocycles. The monoisotopic (exact) mass is 452 g/mol. The predicted molar refractivity (Wildman–Crippen MR) is 126 cm³/mol. The Morgan fingerprint density at radius 1 is 1.09 bits per heavy atom. The molecule has 5 nitrogen and oxygen atoms in total. The normalized spacial score (nSPS) is 13.8. The lowest BCUT2D eigenvalue weighted by Gasteiger charge is -2.21. The molecule has 0 bridgehead atoms. The fraction of sp³-hybridized carbons (Fsp3) is 0.346. The summed E-state index contributed by atoms with van der Waals surface area (Å²) < 4.78 is 11.7. The highest BCUT2D eigenvalue weighted by molar-refractivity contribution is 6.30. The average molecular weight is 453 g/mol. The highest BCUT2D eigenvalue weighted by Crippen LogP contribution is 2.27. The molecule has 1 N–H and O–H groups in total. The van der Waals surface area contributed by atoms with Crippen molar-refractivity contribution in [1.29, 1.82) is 0 Å². The van der Waals surface area contributed by atoms with Crippen LogP contribution in [-0.4, -0.2) is 31.4 Å². The van der Waals surface area contributed by atoms with Gasteiger partial charge in [-0.25, -0.2) is 0 Å². The number of furan rings is 1. The number of nitrogens with zero attached hydrogens (tertiary/aromatic N) is 1. The van der Waals surface area contributed by atoms with Crippen LogP contribution < -0.4 is 10.1 Å². The number of carbonyl (C=O) groups excluding carboxylic acids is 1. The number of fused-ring (bicyclic) bond motifs is 1. The first-order chi connectivity index (χ1) is 15.5. The van der Waals surface area contributed by atoms with Crippen LogP contribution >= 0.6 is 11.6 Å². The molecule has 0 saturated carbocycles. The van der Waals surface area contributed by atoms with Crippen molar-refractivity contribution in [2.24, 2.45) is 0 Å². The molecule has 1 amide bonds. The van der Waals surface area contributed by atoms with Crippen LogP contribution in [0.1, 0.15) is 51.9 Å². The van der Waals surface area contributed by atoms with Crippen molar-refractivity contribution in [2.75, 3.05) is 20.6 Å². The molecule has 1 unspecified atom stereocenters. The topological polar surface area (TPSA) is 54.7 Å². The fourth-order valence-corrected chi connectivity index (χ4v) is 4.13. The van der Waals surface area contributed by atoms with Crippen molar-refractivity contribution in [3.05, 3.63) is 87.8 Å². The lowest BCUT2D eigenvalue weighted by Crippen LogP contribution is -2.30. The standard InChI is InChI=1S/C26H29ClN2O3/c1-29(2)15-14-24(19-6-9-21(27)10-7-19)28-26(30)25-13-12-23(32-25)17-31-22-11-8-18-4-3-5-20(18)16-22/h6-13,16,24H,3-5,14-15,17H2,1-2H3,(H,28,30). The molecule has 3 aromatic rings. The number of ether oxygens (including phenoxy) is 1. The van der Waals surface area contributed by atoms with Crippen LogP contribution in [0.4, 0.5) is 0 Å². The summed E-state index contributed by atoms with van der Waals surface area (Å²) in [7, 11) is 4.03. The predicted octanol–water partition coefficient (Wildman–Crippen LogP) is 5.42. The van der Waals surface area contributed by atoms with E-state index in [2.05, 4.69) is 22.3 Å². The van der Waals surface area contributed by atoms with Crippen LogP contribution in [0.5, 0.6) is 5.75 Å². The van der Waals surface area contributed by atoms with Gasteiger partial charge in [-0.3, -0.25) is 4.79 Å². The minimum Gasteiger partial charge on any atom is -0.486 e. The largest absolute Gasteiger partial charge is 0.486 e. The van der Waals surface area contributed by atoms with Gasteiger partial charge in [-0.1, -0.05) is 29.8 Å². The maximum Gasteiger partial charge on any atom is 0.287 e. The van der Waals surface area contributed by atoms with Gasteiger partial charge in [0.1, 0.15) is 18.1 Å². The molecule has 168 valence electrons. The Labute approximate surface area is 194 Å². The molecule has 6 heteroatoms. The number of nitrogens with one attached hydrogen (secondary N) is 1. The van der Waals surface area contributed by atoms with Gasteiger partial charge in [-0.15, -0.1) is 0 Å². The third-order valence-electron chi connectivity index (χ3n) is 5.78. The maximum absolute atomic E-state index is 12.9. The van der Waals surface area contributed by atoms with Crippen molar-refractivity contribution in [1.82, 2.24) is 10.2 Å². The zero-order chi connectivity index (χ0) is 22.5. The molecular formula is C26H29ClN2O3. The number of halogens is 1. The molecule has 0 fully saturated rings. The van der Waals surface area contributed by atoms with E-state index in [-0.39, 0.29) is 24.3 Å². The molecule has 1 aliphatic carbocycles. The van der Waals surface area contributed by atoms with Crippen molar-refractivity contribution >= 4 is 17.5 Å². The molecular weight excluding hydrogens is 424 g/mol. The lowest BCUT2D eigenvalue weighted by molar-refractivity contribution is 0.0900. The quantitative estimate of drug-likeness (QED) is 0.470. The van der Waals surface area contributed by atoms with E-state index in [1.165, 1.54) is 17.5 Å². The highest BCUT2D eigenvalue weighted by Gasteiger charge is 2.19. The molecule has 2 aromatic carbocycles. The van der Waals surface area contributed by atoms with Crippen LogP contribution in [0, 0.1) is 0 Å². The summed E-state index contributed by atoms with van der Waals surface area (Å²) in [6.45, 7) is 1.12. The van der Waals surface area contributed by atoms with Gasteiger partial charge in [-0.2, -0.15) is 0 Å². The van der Waals surface area contributed by atoms with E-state index in [1.54, 1.807) is 12.1 Å². The van der Waals surface area contributed by atoms with Crippen LogP contribution in [-0.2, 0) is 19.4 Å². The second kappa shape index (κ2) is 10.2. The summed E-state index contributed by atoms with van der Waals surface area (Å²) in [6.07, 6.45) is 4.24. The van der Waals surface area contributed by atoms with E-state index in [4.69, 9.17) is 20.8 Å². The molecule has 1 aromatic heterocycles. The molecule has 1 atom stereocenters. The van der Waals surface area contributed by atoms with Gasteiger partial charge in [0.15, 0.2) is 5.76 Å². The van der Waals surface area contributed by atoms with Crippen molar-refractivity contribution in [3.8, 4) is 5.75 Å². The van der Waals surface area contributed by atoms with Gasteiger partial charge in [0, 0.05) is 5.02 Å². The van der Waals surface area contributed by atoms with Crippen LogP contribution in [0.15, 0.2) is 59.0 Å². The zero-order valence-corrected chi connectivity index (χ0v) is 19.3. The van der Waals surface area contributed by atoms with Gasteiger partial charge >= 0.3 is 0 Å². The third-order valence-corrected chi connectivity index (χ3v) is 6.03. The van der Waals surface area contributed by atoms with Crippen molar-refractivity contribution in [3.63, 3.8) is 0 Å². The first kappa shape index (κ1) is 22.4. The molecule has 0 radical (unpaired) electrons. The molecule has 1 heterocycles. The number of benzene rings is 2. The number of carbonyl (C=O) groups is 1. The minimum atomic E-state index is -0.243.